The maximum Gasteiger partial charge on any atom is 0.126 e. The van der Waals surface area contributed by atoms with Crippen LogP contribution in [0, 0.1) is 5.82 Å². The molecule has 0 aliphatic carbocycles. The van der Waals surface area contributed by atoms with E-state index in [1.165, 1.54) is 12.1 Å². The molecule has 1 atom stereocenters. The molecule has 0 saturated heterocycles. The lowest BCUT2D eigenvalue weighted by molar-refractivity contribution is 0.0820. The van der Waals surface area contributed by atoms with Crippen molar-refractivity contribution in [1.82, 2.24) is 0 Å². The van der Waals surface area contributed by atoms with Crippen molar-refractivity contribution in [2.75, 3.05) is 13.2 Å². The number of halogens is 2. The molecule has 0 heterocycles. The van der Waals surface area contributed by atoms with Crippen LogP contribution in [0.3, 0.4) is 0 Å². The van der Waals surface area contributed by atoms with Crippen molar-refractivity contribution in [3.8, 4) is 0 Å². The first-order chi connectivity index (χ1) is 8.13. The van der Waals surface area contributed by atoms with Crippen molar-refractivity contribution in [2.24, 2.45) is 0 Å². The van der Waals surface area contributed by atoms with Gasteiger partial charge in [-0.15, -0.1) is 0 Å². The van der Waals surface area contributed by atoms with Crippen LogP contribution in [0.5, 0.6) is 0 Å². The van der Waals surface area contributed by atoms with Gasteiger partial charge in [-0.1, -0.05) is 18.5 Å². The Hall–Kier alpha value is -0.640. The topological polar surface area (TPSA) is 29.5 Å². The third-order valence-electron chi connectivity index (χ3n) is 2.41. The Labute approximate surface area is 106 Å². The van der Waals surface area contributed by atoms with E-state index < -0.39 is 6.10 Å². The third-order valence-corrected chi connectivity index (χ3v) is 2.64. The lowest BCUT2D eigenvalue weighted by atomic mass is 10.1. The van der Waals surface area contributed by atoms with Gasteiger partial charge in [-0.25, -0.2) is 4.39 Å². The average Bonchev–Trinajstić information content (AvgIpc) is 2.29. The maximum atomic E-state index is 13.4. The Morgan fingerprint density at radius 3 is 2.88 bits per heavy atom. The quantitative estimate of drug-likeness (QED) is 0.763. The van der Waals surface area contributed by atoms with Crippen molar-refractivity contribution in [2.45, 2.75) is 32.3 Å². The molecule has 0 aliphatic heterocycles. The molecule has 1 N–H and O–H groups in total. The Morgan fingerprint density at radius 2 is 2.18 bits per heavy atom. The van der Waals surface area contributed by atoms with E-state index in [4.69, 9.17) is 16.3 Å². The van der Waals surface area contributed by atoms with E-state index in [0.29, 0.717) is 30.2 Å². The minimum absolute atomic E-state index is 0.266. The second kappa shape index (κ2) is 7.64. The zero-order valence-electron chi connectivity index (χ0n) is 9.96. The number of rotatable bonds is 7. The van der Waals surface area contributed by atoms with Gasteiger partial charge >= 0.3 is 0 Å². The van der Waals surface area contributed by atoms with Crippen LogP contribution >= 0.6 is 11.6 Å². The minimum atomic E-state index is -0.597. The van der Waals surface area contributed by atoms with E-state index in [2.05, 4.69) is 0 Å². The van der Waals surface area contributed by atoms with Crippen LogP contribution in [0.15, 0.2) is 18.2 Å². The Morgan fingerprint density at radius 1 is 1.41 bits per heavy atom. The van der Waals surface area contributed by atoms with Crippen LogP contribution in [-0.4, -0.2) is 24.4 Å². The highest BCUT2D eigenvalue weighted by Gasteiger charge is 2.10. The summed E-state index contributed by atoms with van der Waals surface area (Å²) in [6.07, 6.45) is 1.13. The fourth-order valence-electron chi connectivity index (χ4n) is 1.52. The van der Waals surface area contributed by atoms with Gasteiger partial charge in [-0.3, -0.25) is 0 Å². The van der Waals surface area contributed by atoms with Crippen molar-refractivity contribution >= 4 is 11.6 Å². The van der Waals surface area contributed by atoms with Crippen LogP contribution in [0.25, 0.3) is 0 Å². The second-order valence-corrected chi connectivity index (χ2v) is 4.43. The Kier molecular flexibility index (Phi) is 6.48. The van der Waals surface area contributed by atoms with Crippen LogP contribution in [-0.2, 0) is 11.2 Å². The van der Waals surface area contributed by atoms with E-state index in [9.17, 15) is 9.50 Å². The summed E-state index contributed by atoms with van der Waals surface area (Å²) in [5.74, 6) is -0.331. The molecule has 1 aromatic rings. The fraction of sp³-hybridized carbons (Fsp3) is 0.538. The molecule has 0 fully saturated rings. The van der Waals surface area contributed by atoms with Gasteiger partial charge in [0.2, 0.25) is 0 Å². The van der Waals surface area contributed by atoms with Crippen molar-refractivity contribution in [1.29, 1.82) is 0 Å². The van der Waals surface area contributed by atoms with E-state index in [1.807, 2.05) is 6.92 Å². The van der Waals surface area contributed by atoms with Gasteiger partial charge in [0.25, 0.3) is 0 Å². The molecule has 1 unspecified atom stereocenters. The molecule has 0 bridgehead atoms. The first-order valence-corrected chi connectivity index (χ1v) is 6.21. The smallest absolute Gasteiger partial charge is 0.126 e. The minimum Gasteiger partial charge on any atom is -0.393 e. The van der Waals surface area contributed by atoms with Crippen LogP contribution in [0.2, 0.25) is 5.02 Å². The Bertz CT molecular complexity index is 344. The summed E-state index contributed by atoms with van der Waals surface area (Å²) in [6.45, 7) is 3.22. The fourth-order valence-corrected chi connectivity index (χ4v) is 1.72. The molecule has 0 aliphatic rings. The number of hydrogen-bond donors (Lipinski definition) is 1. The summed E-state index contributed by atoms with van der Waals surface area (Å²) < 4.78 is 18.6. The van der Waals surface area contributed by atoms with Gasteiger partial charge in [0.1, 0.15) is 5.82 Å². The number of ether oxygens (including phenoxy) is 1. The SMILES string of the molecule is CCCOCCC(O)Cc1cc(Cl)ccc1F. The lowest BCUT2D eigenvalue weighted by Crippen LogP contribution is -2.14. The van der Waals surface area contributed by atoms with Crippen LogP contribution < -0.4 is 0 Å². The lowest BCUT2D eigenvalue weighted by Gasteiger charge is -2.11. The summed E-state index contributed by atoms with van der Waals surface area (Å²) in [5.41, 5.74) is 0.445. The van der Waals surface area contributed by atoms with E-state index >= 15 is 0 Å². The standard InChI is InChI=1S/C13H18ClFO2/c1-2-6-17-7-5-12(16)9-10-8-11(14)3-4-13(10)15/h3-4,8,12,16H,2,5-7,9H2,1H3. The molecular weight excluding hydrogens is 243 g/mol. The molecule has 17 heavy (non-hydrogen) atoms. The molecule has 0 amide bonds. The van der Waals surface area contributed by atoms with Crippen LogP contribution in [0.1, 0.15) is 25.3 Å². The predicted molar refractivity (Wildman–Crippen MR) is 66.8 cm³/mol. The zero-order chi connectivity index (χ0) is 12.7. The van der Waals surface area contributed by atoms with Gasteiger partial charge < -0.3 is 9.84 Å². The Balaban J connectivity index is 2.39. The van der Waals surface area contributed by atoms with E-state index in [0.717, 1.165) is 6.42 Å². The van der Waals surface area contributed by atoms with Crippen molar-refractivity contribution in [3.05, 3.63) is 34.6 Å². The summed E-state index contributed by atoms with van der Waals surface area (Å²) >= 11 is 5.77. The molecule has 0 saturated carbocycles. The van der Waals surface area contributed by atoms with Gasteiger partial charge in [-0.2, -0.15) is 0 Å². The molecule has 0 spiro atoms. The summed E-state index contributed by atoms with van der Waals surface area (Å²) in [5, 5.41) is 10.2. The number of aliphatic hydroxyl groups is 1. The highest BCUT2D eigenvalue weighted by Crippen LogP contribution is 2.17. The number of aliphatic hydroxyl groups excluding tert-OH is 1. The van der Waals surface area contributed by atoms with Crippen molar-refractivity contribution in [3.63, 3.8) is 0 Å². The maximum absolute atomic E-state index is 13.4. The summed E-state index contributed by atoms with van der Waals surface area (Å²) in [6, 6.07) is 4.36. The monoisotopic (exact) mass is 260 g/mol. The van der Waals surface area contributed by atoms with Gasteiger partial charge in [0, 0.05) is 24.7 Å². The van der Waals surface area contributed by atoms with E-state index in [1.54, 1.807) is 6.07 Å². The first-order valence-electron chi connectivity index (χ1n) is 5.83. The average molecular weight is 261 g/mol. The largest absolute Gasteiger partial charge is 0.393 e. The molecular formula is C13H18ClFO2. The van der Waals surface area contributed by atoms with Gasteiger partial charge in [0.15, 0.2) is 0 Å². The molecule has 0 aromatic heterocycles. The van der Waals surface area contributed by atoms with Gasteiger partial charge in [-0.05, 0) is 36.6 Å². The molecule has 1 aromatic carbocycles. The summed E-state index contributed by atoms with van der Waals surface area (Å²) in [7, 11) is 0. The predicted octanol–water partition coefficient (Wildman–Crippen LogP) is 3.20. The van der Waals surface area contributed by atoms with Crippen LogP contribution in [0.4, 0.5) is 4.39 Å². The van der Waals surface area contributed by atoms with Crippen molar-refractivity contribution < 1.29 is 14.2 Å². The highest BCUT2D eigenvalue weighted by molar-refractivity contribution is 6.30. The normalized spacial score (nSPS) is 12.7. The third kappa shape index (κ3) is 5.48. The number of benzene rings is 1. The van der Waals surface area contributed by atoms with Gasteiger partial charge in [0.05, 0.1) is 6.10 Å². The number of hydrogen-bond acceptors (Lipinski definition) is 2. The summed E-state index contributed by atoms with van der Waals surface area (Å²) in [4.78, 5) is 0. The molecule has 1 rings (SSSR count). The second-order valence-electron chi connectivity index (χ2n) is 3.99. The molecule has 2 nitrogen and oxygen atoms in total. The molecule has 96 valence electrons. The van der Waals surface area contributed by atoms with E-state index in [-0.39, 0.29) is 12.2 Å². The highest BCUT2D eigenvalue weighted by atomic mass is 35.5. The molecule has 0 radical (unpaired) electrons. The zero-order valence-corrected chi connectivity index (χ0v) is 10.7. The molecule has 4 heteroatoms. The first kappa shape index (κ1) is 14.4.